The number of fused-ring (bicyclic) bond motifs is 1. The molecule has 6 heteroatoms. The van der Waals surface area contributed by atoms with Gasteiger partial charge in [0, 0.05) is 23.8 Å². The van der Waals surface area contributed by atoms with E-state index in [4.69, 9.17) is 5.73 Å². The predicted octanol–water partition coefficient (Wildman–Crippen LogP) is 4.59. The van der Waals surface area contributed by atoms with Crippen LogP contribution in [0.25, 0.3) is 21.3 Å². The number of thiophene rings is 1. The highest BCUT2D eigenvalue weighted by Gasteiger charge is 2.10. The summed E-state index contributed by atoms with van der Waals surface area (Å²) in [5.41, 5.74) is 12.8. The summed E-state index contributed by atoms with van der Waals surface area (Å²) in [6.07, 6.45) is 1.83. The summed E-state index contributed by atoms with van der Waals surface area (Å²) in [5.74, 6) is -0.366. The Morgan fingerprint density at radius 1 is 1.10 bits per heavy atom. The topological polar surface area (TPSA) is 80.0 Å². The molecule has 4 aromatic rings. The van der Waals surface area contributed by atoms with E-state index in [1.165, 1.54) is 16.7 Å². The van der Waals surface area contributed by atoms with Crippen LogP contribution in [0.3, 0.4) is 0 Å². The molecule has 2 aromatic heterocycles. The summed E-state index contributed by atoms with van der Waals surface area (Å²) < 4.78 is 1.10. The van der Waals surface area contributed by atoms with Crippen LogP contribution in [0.1, 0.15) is 11.1 Å². The maximum Gasteiger partial charge on any atom is 0.231 e. The number of hydrogen-bond acceptors (Lipinski definition) is 5. The van der Waals surface area contributed by atoms with Crippen LogP contribution < -0.4 is 16.4 Å². The summed E-state index contributed by atoms with van der Waals surface area (Å²) in [6, 6.07) is 18.8. The molecule has 5 nitrogen and oxygen atoms in total. The number of nitrogens with two attached hydrogens (primary N) is 1. The zero-order chi connectivity index (χ0) is 20.2. The van der Waals surface area contributed by atoms with Crippen LogP contribution >= 0.6 is 11.3 Å². The Balaban J connectivity index is 1.58. The molecule has 0 saturated carbocycles. The lowest BCUT2D eigenvalue weighted by Crippen LogP contribution is -2.28. The second kappa shape index (κ2) is 8.43. The van der Waals surface area contributed by atoms with E-state index in [1.54, 1.807) is 11.3 Å². The molecule has 0 aliphatic carbocycles. The number of primary amides is 1. The third kappa shape index (κ3) is 4.29. The summed E-state index contributed by atoms with van der Waals surface area (Å²) in [5, 5.41) is 8.66. The highest BCUT2D eigenvalue weighted by molar-refractivity contribution is 7.17. The fourth-order valence-corrected chi connectivity index (χ4v) is 4.23. The van der Waals surface area contributed by atoms with Crippen molar-refractivity contribution in [1.82, 2.24) is 10.3 Å². The number of nitrogens with zero attached hydrogens (tertiary/aromatic N) is 1. The van der Waals surface area contributed by atoms with Gasteiger partial charge in [-0.2, -0.15) is 0 Å². The van der Waals surface area contributed by atoms with Gasteiger partial charge in [0.25, 0.3) is 0 Å². The molecule has 29 heavy (non-hydrogen) atoms. The first-order valence-corrected chi connectivity index (χ1v) is 10.3. The lowest BCUT2D eigenvalue weighted by atomic mass is 9.99. The van der Waals surface area contributed by atoms with E-state index in [1.807, 2.05) is 12.3 Å². The molecule has 0 fully saturated rings. The number of carbonyl (C=O) groups excluding carboxylic acids is 1. The van der Waals surface area contributed by atoms with E-state index < -0.39 is 0 Å². The highest BCUT2D eigenvalue weighted by Crippen LogP contribution is 2.34. The first-order valence-electron chi connectivity index (χ1n) is 9.39. The summed E-state index contributed by atoms with van der Waals surface area (Å²) in [7, 11) is 0. The van der Waals surface area contributed by atoms with Crippen molar-refractivity contribution in [2.24, 2.45) is 5.73 Å². The standard InChI is InChI=1S/C23H22N4OS/c1-15-18(17-6-3-2-4-7-17)8-5-9-19(15)27-20-14-29-21-10-16(12-26-23(20)21)11-25-13-22(24)28/h2-10,12,14,25,27H,11,13H2,1H3,(H2,24,28). The first kappa shape index (κ1) is 19.1. The average Bonchev–Trinajstić information content (AvgIpc) is 3.12. The molecule has 2 heterocycles. The van der Waals surface area contributed by atoms with Crippen molar-refractivity contribution in [3.05, 3.63) is 77.3 Å². The normalized spacial score (nSPS) is 10.9. The van der Waals surface area contributed by atoms with Crippen LogP contribution in [0.2, 0.25) is 0 Å². The Bertz CT molecular complexity index is 1150. The third-order valence-electron chi connectivity index (χ3n) is 4.78. The second-order valence-corrected chi connectivity index (χ2v) is 7.79. The molecule has 0 aliphatic rings. The van der Waals surface area contributed by atoms with Crippen LogP contribution in [-0.2, 0) is 11.3 Å². The quantitative estimate of drug-likeness (QED) is 0.422. The maximum atomic E-state index is 10.9. The van der Waals surface area contributed by atoms with Crippen molar-refractivity contribution in [3.8, 4) is 11.1 Å². The van der Waals surface area contributed by atoms with Crippen LogP contribution in [0.5, 0.6) is 0 Å². The largest absolute Gasteiger partial charge is 0.369 e. The number of rotatable bonds is 7. The van der Waals surface area contributed by atoms with E-state index in [-0.39, 0.29) is 12.5 Å². The van der Waals surface area contributed by atoms with Crippen molar-refractivity contribution < 1.29 is 4.79 Å². The summed E-state index contributed by atoms with van der Waals surface area (Å²) in [4.78, 5) is 15.5. The van der Waals surface area contributed by atoms with Gasteiger partial charge in [0.1, 0.15) is 5.52 Å². The Labute approximate surface area is 173 Å². The molecule has 0 aliphatic heterocycles. The fraction of sp³-hybridized carbons (Fsp3) is 0.130. The number of nitrogens with one attached hydrogen (secondary N) is 2. The first-order chi connectivity index (χ1) is 14.1. The van der Waals surface area contributed by atoms with E-state index in [9.17, 15) is 4.79 Å². The molecule has 4 N–H and O–H groups in total. The minimum atomic E-state index is -0.366. The smallest absolute Gasteiger partial charge is 0.231 e. The molecule has 2 aromatic carbocycles. The summed E-state index contributed by atoms with van der Waals surface area (Å²) in [6.45, 7) is 2.85. The van der Waals surface area contributed by atoms with Crippen LogP contribution in [0.4, 0.5) is 11.4 Å². The number of hydrogen-bond donors (Lipinski definition) is 3. The Hall–Kier alpha value is -3.22. The van der Waals surface area contributed by atoms with Gasteiger partial charge in [0.2, 0.25) is 5.91 Å². The average molecular weight is 403 g/mol. The van der Waals surface area contributed by atoms with Crippen molar-refractivity contribution in [2.45, 2.75) is 13.5 Å². The van der Waals surface area contributed by atoms with Crippen LogP contribution in [-0.4, -0.2) is 17.4 Å². The van der Waals surface area contributed by atoms with Gasteiger partial charge in [-0.15, -0.1) is 11.3 Å². The van der Waals surface area contributed by atoms with E-state index in [0.717, 1.165) is 27.2 Å². The van der Waals surface area contributed by atoms with Crippen molar-refractivity contribution in [1.29, 1.82) is 0 Å². The predicted molar refractivity (Wildman–Crippen MR) is 120 cm³/mol. The van der Waals surface area contributed by atoms with Gasteiger partial charge in [0.05, 0.1) is 16.9 Å². The highest BCUT2D eigenvalue weighted by atomic mass is 32.1. The number of pyridine rings is 1. The van der Waals surface area contributed by atoms with Crippen molar-refractivity contribution in [3.63, 3.8) is 0 Å². The van der Waals surface area contributed by atoms with Gasteiger partial charge in [-0.25, -0.2) is 0 Å². The molecule has 0 spiro atoms. The van der Waals surface area contributed by atoms with Crippen molar-refractivity contribution in [2.75, 3.05) is 11.9 Å². The molecular weight excluding hydrogens is 380 g/mol. The fourth-order valence-electron chi connectivity index (χ4n) is 3.32. The molecule has 4 rings (SSSR count). The molecule has 1 amide bonds. The third-order valence-corrected chi connectivity index (χ3v) is 5.70. The van der Waals surface area contributed by atoms with Gasteiger partial charge < -0.3 is 16.4 Å². The number of carbonyl (C=O) groups is 1. The van der Waals surface area contributed by atoms with E-state index >= 15 is 0 Å². The van der Waals surface area contributed by atoms with Gasteiger partial charge in [-0.05, 0) is 41.3 Å². The van der Waals surface area contributed by atoms with Crippen LogP contribution in [0, 0.1) is 6.92 Å². The number of amides is 1. The van der Waals surface area contributed by atoms with Gasteiger partial charge in [-0.3, -0.25) is 9.78 Å². The molecule has 0 radical (unpaired) electrons. The molecule has 146 valence electrons. The Kier molecular flexibility index (Phi) is 5.55. The summed E-state index contributed by atoms with van der Waals surface area (Å²) >= 11 is 1.65. The number of anilines is 2. The maximum absolute atomic E-state index is 10.9. The molecule has 0 atom stereocenters. The van der Waals surface area contributed by atoms with E-state index in [2.05, 4.69) is 76.5 Å². The minimum Gasteiger partial charge on any atom is -0.369 e. The van der Waals surface area contributed by atoms with Crippen LogP contribution in [0.15, 0.2) is 66.2 Å². The zero-order valence-electron chi connectivity index (χ0n) is 16.1. The van der Waals surface area contributed by atoms with Gasteiger partial charge in [0.15, 0.2) is 0 Å². The SMILES string of the molecule is Cc1c(Nc2csc3cc(CNCC(N)=O)cnc23)cccc1-c1ccccc1. The number of aromatic nitrogens is 1. The molecule has 0 saturated heterocycles. The van der Waals surface area contributed by atoms with Gasteiger partial charge >= 0.3 is 0 Å². The molecule has 0 unspecified atom stereocenters. The molecule has 0 bridgehead atoms. The zero-order valence-corrected chi connectivity index (χ0v) is 16.9. The molecular formula is C23H22N4OS. The number of benzene rings is 2. The minimum absolute atomic E-state index is 0.159. The lowest BCUT2D eigenvalue weighted by molar-refractivity contribution is -0.117. The monoisotopic (exact) mass is 402 g/mol. The van der Waals surface area contributed by atoms with Gasteiger partial charge in [-0.1, -0.05) is 42.5 Å². The lowest BCUT2D eigenvalue weighted by Gasteiger charge is -2.13. The second-order valence-electron chi connectivity index (χ2n) is 6.88. The Morgan fingerprint density at radius 3 is 2.72 bits per heavy atom. The van der Waals surface area contributed by atoms with E-state index in [0.29, 0.717) is 6.54 Å². The van der Waals surface area contributed by atoms with Crippen molar-refractivity contribution >= 4 is 38.8 Å². The Morgan fingerprint density at radius 2 is 1.93 bits per heavy atom.